The molecule has 8 heteroatoms. The number of aliphatic hydroxyl groups is 1. The Balaban J connectivity index is 2.16. The van der Waals surface area contributed by atoms with Crippen LogP contribution in [0, 0.1) is 21.7 Å². The SMILES string of the molecule is O=[N+]([O-])c1cc(NCc2ccc(CO)o2)c(F)cc1F. The third kappa shape index (κ3) is 2.91. The van der Waals surface area contributed by atoms with E-state index >= 15 is 0 Å². The third-order valence-corrected chi connectivity index (χ3v) is 2.56. The summed E-state index contributed by atoms with van der Waals surface area (Å²) >= 11 is 0. The molecular formula is C12H10F2N2O4. The number of rotatable bonds is 5. The molecule has 0 amide bonds. The van der Waals surface area contributed by atoms with Crippen LogP contribution in [0.15, 0.2) is 28.7 Å². The molecule has 2 N–H and O–H groups in total. The second-order valence-corrected chi connectivity index (χ2v) is 3.92. The molecule has 106 valence electrons. The van der Waals surface area contributed by atoms with Gasteiger partial charge in [-0.2, -0.15) is 4.39 Å². The lowest BCUT2D eigenvalue weighted by atomic mass is 10.2. The van der Waals surface area contributed by atoms with Crippen molar-refractivity contribution in [1.82, 2.24) is 0 Å². The Hall–Kier alpha value is -2.48. The van der Waals surface area contributed by atoms with Gasteiger partial charge in [0.05, 0.1) is 17.2 Å². The van der Waals surface area contributed by atoms with Gasteiger partial charge in [-0.05, 0) is 12.1 Å². The molecule has 0 radical (unpaired) electrons. The van der Waals surface area contributed by atoms with Gasteiger partial charge < -0.3 is 14.8 Å². The molecule has 0 unspecified atom stereocenters. The van der Waals surface area contributed by atoms with Crippen molar-refractivity contribution in [2.24, 2.45) is 0 Å². The number of nitro benzene ring substituents is 1. The van der Waals surface area contributed by atoms with E-state index in [4.69, 9.17) is 9.52 Å². The van der Waals surface area contributed by atoms with Crippen LogP contribution in [0.1, 0.15) is 11.5 Å². The van der Waals surface area contributed by atoms with Gasteiger partial charge >= 0.3 is 5.69 Å². The molecular weight excluding hydrogens is 274 g/mol. The van der Waals surface area contributed by atoms with Crippen LogP contribution in [0.4, 0.5) is 20.2 Å². The van der Waals surface area contributed by atoms with Gasteiger partial charge in [-0.3, -0.25) is 10.1 Å². The average molecular weight is 284 g/mol. The molecule has 1 aromatic carbocycles. The number of anilines is 1. The maximum absolute atomic E-state index is 13.5. The van der Waals surface area contributed by atoms with Gasteiger partial charge in [-0.1, -0.05) is 0 Å². The summed E-state index contributed by atoms with van der Waals surface area (Å²) in [4.78, 5) is 9.64. The second kappa shape index (κ2) is 5.66. The van der Waals surface area contributed by atoms with Gasteiger partial charge in [0.2, 0.25) is 5.82 Å². The Morgan fingerprint density at radius 3 is 2.55 bits per heavy atom. The fourth-order valence-corrected chi connectivity index (χ4v) is 1.60. The minimum Gasteiger partial charge on any atom is -0.462 e. The first-order chi connectivity index (χ1) is 9.51. The number of nitrogens with one attached hydrogen (secondary N) is 1. The predicted molar refractivity (Wildman–Crippen MR) is 65.0 cm³/mol. The average Bonchev–Trinajstić information content (AvgIpc) is 2.85. The molecule has 0 aliphatic heterocycles. The minimum absolute atomic E-state index is 0.0414. The number of halogens is 2. The number of nitrogens with zero attached hydrogens (tertiary/aromatic N) is 1. The Morgan fingerprint density at radius 2 is 1.95 bits per heavy atom. The molecule has 1 aromatic heterocycles. The van der Waals surface area contributed by atoms with E-state index in [1.54, 1.807) is 12.1 Å². The number of aliphatic hydroxyl groups excluding tert-OH is 1. The first-order valence-electron chi connectivity index (χ1n) is 5.57. The Morgan fingerprint density at radius 1 is 1.25 bits per heavy atom. The number of nitro groups is 1. The molecule has 1 heterocycles. The standard InChI is InChI=1S/C12H10F2N2O4/c13-9-3-10(14)12(16(18)19)4-11(9)15-5-7-1-2-8(6-17)20-7/h1-4,15,17H,5-6H2. The second-order valence-electron chi connectivity index (χ2n) is 3.92. The van der Waals surface area contributed by atoms with Crippen molar-refractivity contribution in [3.63, 3.8) is 0 Å². The zero-order valence-electron chi connectivity index (χ0n) is 10.1. The summed E-state index contributed by atoms with van der Waals surface area (Å²) in [5.41, 5.74) is -1.02. The Labute approximate surface area is 111 Å². The number of hydrogen-bond donors (Lipinski definition) is 2. The molecule has 0 saturated heterocycles. The topological polar surface area (TPSA) is 88.5 Å². The molecule has 6 nitrogen and oxygen atoms in total. The summed E-state index contributed by atoms with van der Waals surface area (Å²) in [5, 5.41) is 22.0. The lowest BCUT2D eigenvalue weighted by Gasteiger charge is -2.06. The van der Waals surface area contributed by atoms with Gasteiger partial charge in [0.1, 0.15) is 23.9 Å². The van der Waals surface area contributed by atoms with Crippen molar-refractivity contribution < 1.29 is 23.2 Å². The van der Waals surface area contributed by atoms with Crippen LogP contribution in [-0.4, -0.2) is 10.0 Å². The van der Waals surface area contributed by atoms with Gasteiger partial charge in [-0.25, -0.2) is 4.39 Å². The summed E-state index contributed by atoms with van der Waals surface area (Å²) < 4.78 is 31.8. The monoisotopic (exact) mass is 284 g/mol. The Kier molecular flexibility index (Phi) is 3.94. The normalized spacial score (nSPS) is 10.6. The zero-order valence-corrected chi connectivity index (χ0v) is 10.1. The summed E-state index contributed by atoms with van der Waals surface area (Å²) in [7, 11) is 0. The lowest BCUT2D eigenvalue weighted by molar-refractivity contribution is -0.387. The molecule has 2 aromatic rings. The minimum atomic E-state index is -1.24. The molecule has 0 aliphatic carbocycles. The molecule has 2 rings (SSSR count). The zero-order chi connectivity index (χ0) is 14.7. The van der Waals surface area contributed by atoms with E-state index < -0.39 is 22.2 Å². The molecule has 0 aliphatic rings. The van der Waals surface area contributed by atoms with Crippen molar-refractivity contribution in [1.29, 1.82) is 0 Å². The van der Waals surface area contributed by atoms with E-state index in [1.807, 2.05) is 0 Å². The maximum Gasteiger partial charge on any atom is 0.307 e. The maximum atomic E-state index is 13.5. The summed E-state index contributed by atoms with van der Waals surface area (Å²) in [5.74, 6) is -1.44. The third-order valence-electron chi connectivity index (χ3n) is 2.56. The molecule has 20 heavy (non-hydrogen) atoms. The highest BCUT2D eigenvalue weighted by Crippen LogP contribution is 2.25. The quantitative estimate of drug-likeness (QED) is 0.650. The lowest BCUT2D eigenvalue weighted by Crippen LogP contribution is -2.03. The summed E-state index contributed by atoms with van der Waals surface area (Å²) in [6, 6.07) is 4.33. The van der Waals surface area contributed by atoms with Gasteiger partial charge in [-0.15, -0.1) is 0 Å². The van der Waals surface area contributed by atoms with Crippen LogP contribution in [0.5, 0.6) is 0 Å². The summed E-state index contributed by atoms with van der Waals surface area (Å²) in [6.45, 7) is -0.226. The van der Waals surface area contributed by atoms with E-state index in [9.17, 15) is 18.9 Å². The van der Waals surface area contributed by atoms with Crippen LogP contribution >= 0.6 is 0 Å². The van der Waals surface area contributed by atoms with E-state index in [-0.39, 0.29) is 18.8 Å². The molecule has 0 atom stereocenters. The van der Waals surface area contributed by atoms with Crippen LogP contribution < -0.4 is 5.32 Å². The highest BCUT2D eigenvalue weighted by Gasteiger charge is 2.18. The van der Waals surface area contributed by atoms with Crippen LogP contribution in [0.2, 0.25) is 0 Å². The number of hydrogen-bond acceptors (Lipinski definition) is 5. The first kappa shape index (κ1) is 13.9. The van der Waals surface area contributed by atoms with Crippen LogP contribution in [0.3, 0.4) is 0 Å². The fraction of sp³-hybridized carbons (Fsp3) is 0.167. The van der Waals surface area contributed by atoms with Crippen LogP contribution in [0.25, 0.3) is 0 Å². The van der Waals surface area contributed by atoms with E-state index in [0.29, 0.717) is 17.6 Å². The van der Waals surface area contributed by atoms with E-state index in [2.05, 4.69) is 5.32 Å². The summed E-state index contributed by atoms with van der Waals surface area (Å²) in [6.07, 6.45) is 0. The van der Waals surface area contributed by atoms with Crippen molar-refractivity contribution in [2.75, 3.05) is 5.32 Å². The molecule has 0 bridgehead atoms. The van der Waals surface area contributed by atoms with Crippen molar-refractivity contribution in [2.45, 2.75) is 13.2 Å². The van der Waals surface area contributed by atoms with E-state index in [1.165, 1.54) is 0 Å². The molecule has 0 spiro atoms. The fourth-order valence-electron chi connectivity index (χ4n) is 1.60. The van der Waals surface area contributed by atoms with Crippen molar-refractivity contribution in [3.8, 4) is 0 Å². The number of furan rings is 1. The Bertz CT molecular complexity index is 642. The largest absolute Gasteiger partial charge is 0.462 e. The highest BCUT2D eigenvalue weighted by molar-refractivity contribution is 5.53. The van der Waals surface area contributed by atoms with Crippen molar-refractivity contribution in [3.05, 3.63) is 57.5 Å². The molecule has 0 fully saturated rings. The van der Waals surface area contributed by atoms with E-state index in [0.717, 1.165) is 6.07 Å². The van der Waals surface area contributed by atoms with Crippen molar-refractivity contribution >= 4 is 11.4 Å². The van der Waals surface area contributed by atoms with Gasteiger partial charge in [0, 0.05) is 12.1 Å². The van der Waals surface area contributed by atoms with Crippen LogP contribution in [-0.2, 0) is 13.2 Å². The molecule has 0 saturated carbocycles. The van der Waals surface area contributed by atoms with Gasteiger partial charge in [0.25, 0.3) is 0 Å². The first-order valence-corrected chi connectivity index (χ1v) is 5.57. The van der Waals surface area contributed by atoms with Gasteiger partial charge in [0.15, 0.2) is 0 Å². The smallest absolute Gasteiger partial charge is 0.307 e. The number of benzene rings is 1. The predicted octanol–water partition coefficient (Wildman–Crippen LogP) is 2.57. The highest BCUT2D eigenvalue weighted by atomic mass is 19.1.